The number of hydrogen-bond donors (Lipinski definition) is 2. The van der Waals surface area contributed by atoms with Crippen molar-refractivity contribution in [3.8, 4) is 0 Å². The SMILES string of the molecule is CCCCNC(=O)c1csc(CN(CCCC)C(=O)Nc2cccc(C(F)(F)F)c2)n1. The molecule has 0 saturated carbocycles. The van der Waals surface area contributed by atoms with Crippen LogP contribution in [0, 0.1) is 0 Å². The first kappa shape index (κ1) is 24.6. The summed E-state index contributed by atoms with van der Waals surface area (Å²) in [6.07, 6.45) is -1.07. The van der Waals surface area contributed by atoms with E-state index in [0.29, 0.717) is 23.8 Å². The molecule has 1 aromatic heterocycles. The lowest BCUT2D eigenvalue weighted by atomic mass is 10.2. The van der Waals surface area contributed by atoms with Crippen molar-refractivity contribution < 1.29 is 22.8 Å². The molecule has 0 saturated heterocycles. The Morgan fingerprint density at radius 3 is 2.58 bits per heavy atom. The fourth-order valence-electron chi connectivity index (χ4n) is 2.70. The highest BCUT2D eigenvalue weighted by Crippen LogP contribution is 2.30. The lowest BCUT2D eigenvalue weighted by molar-refractivity contribution is -0.137. The second kappa shape index (κ2) is 11.7. The maximum Gasteiger partial charge on any atom is 0.416 e. The summed E-state index contributed by atoms with van der Waals surface area (Å²) in [5, 5.41) is 7.54. The van der Waals surface area contributed by atoms with Gasteiger partial charge < -0.3 is 15.5 Å². The van der Waals surface area contributed by atoms with Gasteiger partial charge in [0.1, 0.15) is 10.7 Å². The topological polar surface area (TPSA) is 74.3 Å². The van der Waals surface area contributed by atoms with E-state index in [9.17, 15) is 22.8 Å². The number of hydrogen-bond acceptors (Lipinski definition) is 4. The van der Waals surface area contributed by atoms with E-state index < -0.39 is 17.8 Å². The van der Waals surface area contributed by atoms with Crippen molar-refractivity contribution in [2.45, 2.75) is 52.3 Å². The lowest BCUT2D eigenvalue weighted by Crippen LogP contribution is -2.35. The number of anilines is 1. The number of carbonyl (C=O) groups excluding carboxylic acids is 2. The standard InChI is InChI=1S/C21H27F3N4O2S/c1-3-5-10-25-19(29)17-14-31-18(27-17)13-28(11-6-4-2)20(30)26-16-9-7-8-15(12-16)21(22,23)24/h7-9,12,14H,3-6,10-11,13H2,1-2H3,(H,25,29)(H,26,30). The Kier molecular flexibility index (Phi) is 9.29. The monoisotopic (exact) mass is 456 g/mol. The van der Waals surface area contributed by atoms with Crippen molar-refractivity contribution in [3.63, 3.8) is 0 Å². The molecule has 0 bridgehead atoms. The molecule has 0 radical (unpaired) electrons. The Morgan fingerprint density at radius 1 is 1.16 bits per heavy atom. The fraction of sp³-hybridized carbons (Fsp3) is 0.476. The van der Waals surface area contributed by atoms with Gasteiger partial charge >= 0.3 is 12.2 Å². The minimum absolute atomic E-state index is 0.0662. The van der Waals surface area contributed by atoms with Gasteiger partial charge in [-0.05, 0) is 31.0 Å². The van der Waals surface area contributed by atoms with Crippen LogP contribution in [0.25, 0.3) is 0 Å². The summed E-state index contributed by atoms with van der Waals surface area (Å²) in [6, 6.07) is 3.99. The van der Waals surface area contributed by atoms with E-state index in [2.05, 4.69) is 15.6 Å². The number of alkyl halides is 3. The van der Waals surface area contributed by atoms with Gasteiger partial charge in [-0.1, -0.05) is 32.8 Å². The summed E-state index contributed by atoms with van der Waals surface area (Å²) >= 11 is 1.27. The fourth-order valence-corrected chi connectivity index (χ4v) is 3.49. The average Bonchev–Trinajstić information content (AvgIpc) is 3.19. The molecule has 2 rings (SSSR count). The van der Waals surface area contributed by atoms with Crippen LogP contribution in [0.4, 0.5) is 23.7 Å². The first-order valence-electron chi connectivity index (χ1n) is 10.2. The summed E-state index contributed by atoms with van der Waals surface area (Å²) in [4.78, 5) is 30.7. The lowest BCUT2D eigenvalue weighted by Gasteiger charge is -2.22. The maximum absolute atomic E-state index is 12.9. The zero-order chi connectivity index (χ0) is 22.9. The van der Waals surface area contributed by atoms with Crippen LogP contribution in [0.2, 0.25) is 0 Å². The largest absolute Gasteiger partial charge is 0.416 e. The minimum Gasteiger partial charge on any atom is -0.351 e. The molecule has 0 unspecified atom stereocenters. The van der Waals surface area contributed by atoms with Gasteiger partial charge in [0.2, 0.25) is 0 Å². The number of amides is 3. The van der Waals surface area contributed by atoms with E-state index >= 15 is 0 Å². The maximum atomic E-state index is 12.9. The highest BCUT2D eigenvalue weighted by molar-refractivity contribution is 7.09. The molecule has 0 fully saturated rings. The molecule has 10 heteroatoms. The molecule has 170 valence electrons. The highest BCUT2D eigenvalue weighted by Gasteiger charge is 2.30. The quantitative estimate of drug-likeness (QED) is 0.462. The summed E-state index contributed by atoms with van der Waals surface area (Å²) in [5.41, 5.74) is -0.467. The highest BCUT2D eigenvalue weighted by atomic mass is 32.1. The van der Waals surface area contributed by atoms with Crippen LogP contribution in [0.15, 0.2) is 29.6 Å². The third-order valence-corrected chi connectivity index (χ3v) is 5.27. The van der Waals surface area contributed by atoms with Crippen molar-refractivity contribution in [2.75, 3.05) is 18.4 Å². The molecular weight excluding hydrogens is 429 g/mol. The third-order valence-electron chi connectivity index (χ3n) is 4.44. The number of benzene rings is 1. The zero-order valence-corrected chi connectivity index (χ0v) is 18.4. The number of carbonyl (C=O) groups is 2. The molecule has 0 aliphatic rings. The van der Waals surface area contributed by atoms with E-state index in [-0.39, 0.29) is 18.1 Å². The number of thiazole rings is 1. The smallest absolute Gasteiger partial charge is 0.351 e. The summed E-state index contributed by atoms with van der Waals surface area (Å²) < 4.78 is 38.8. The Hall–Kier alpha value is -2.62. The third kappa shape index (κ3) is 7.86. The minimum atomic E-state index is -4.49. The van der Waals surface area contributed by atoms with Crippen LogP contribution in [-0.4, -0.2) is 34.9 Å². The summed E-state index contributed by atoms with van der Waals surface area (Å²) in [6.45, 7) is 5.16. The molecule has 0 aliphatic carbocycles. The number of aromatic nitrogens is 1. The molecule has 2 N–H and O–H groups in total. The summed E-state index contributed by atoms with van der Waals surface area (Å²) in [7, 11) is 0. The van der Waals surface area contributed by atoms with Gasteiger partial charge in [0.25, 0.3) is 5.91 Å². The molecule has 6 nitrogen and oxygen atoms in total. The number of nitrogens with one attached hydrogen (secondary N) is 2. The molecule has 0 aliphatic heterocycles. The molecule has 3 amide bonds. The molecule has 0 atom stereocenters. The van der Waals surface area contributed by atoms with Crippen molar-refractivity contribution in [1.82, 2.24) is 15.2 Å². The van der Waals surface area contributed by atoms with Gasteiger partial charge in [-0.2, -0.15) is 13.2 Å². The van der Waals surface area contributed by atoms with E-state index in [1.807, 2.05) is 13.8 Å². The number of unbranched alkanes of at least 4 members (excludes halogenated alkanes) is 2. The Balaban J connectivity index is 2.06. The van der Waals surface area contributed by atoms with Crippen LogP contribution in [0.5, 0.6) is 0 Å². The van der Waals surface area contributed by atoms with Gasteiger partial charge in [0, 0.05) is 24.2 Å². The number of nitrogens with zero attached hydrogens (tertiary/aromatic N) is 2. The van der Waals surface area contributed by atoms with Crippen LogP contribution >= 0.6 is 11.3 Å². The van der Waals surface area contributed by atoms with Crippen LogP contribution in [0.3, 0.4) is 0 Å². The van der Waals surface area contributed by atoms with Gasteiger partial charge in [-0.15, -0.1) is 11.3 Å². The first-order chi connectivity index (χ1) is 14.7. The number of urea groups is 1. The van der Waals surface area contributed by atoms with Crippen LogP contribution < -0.4 is 10.6 Å². The second-order valence-corrected chi connectivity index (χ2v) is 7.96. The van der Waals surface area contributed by atoms with Gasteiger partial charge in [-0.25, -0.2) is 9.78 Å². The molecule has 1 aromatic carbocycles. The first-order valence-corrected chi connectivity index (χ1v) is 11.1. The molecular formula is C21H27F3N4O2S. The normalized spacial score (nSPS) is 11.3. The van der Waals surface area contributed by atoms with Crippen molar-refractivity contribution >= 4 is 29.0 Å². The van der Waals surface area contributed by atoms with E-state index in [1.54, 1.807) is 5.38 Å². The number of halogens is 3. The second-order valence-electron chi connectivity index (χ2n) is 7.02. The van der Waals surface area contributed by atoms with Gasteiger partial charge in [0.05, 0.1) is 12.1 Å². The van der Waals surface area contributed by atoms with Crippen molar-refractivity contribution in [3.05, 3.63) is 45.9 Å². The van der Waals surface area contributed by atoms with E-state index in [4.69, 9.17) is 0 Å². The molecule has 31 heavy (non-hydrogen) atoms. The predicted octanol–water partition coefficient (Wildman–Crippen LogP) is 5.53. The number of rotatable bonds is 10. The average molecular weight is 457 g/mol. The van der Waals surface area contributed by atoms with Crippen molar-refractivity contribution in [2.24, 2.45) is 0 Å². The predicted molar refractivity (Wildman–Crippen MR) is 115 cm³/mol. The van der Waals surface area contributed by atoms with E-state index in [0.717, 1.165) is 37.8 Å². The molecule has 1 heterocycles. The molecule has 2 aromatic rings. The molecule has 0 spiro atoms. The Bertz CT molecular complexity index is 870. The zero-order valence-electron chi connectivity index (χ0n) is 17.6. The van der Waals surface area contributed by atoms with E-state index in [1.165, 1.54) is 28.4 Å². The summed E-state index contributed by atoms with van der Waals surface area (Å²) in [5.74, 6) is -0.260. The Morgan fingerprint density at radius 2 is 1.90 bits per heavy atom. The van der Waals surface area contributed by atoms with Crippen molar-refractivity contribution in [1.29, 1.82) is 0 Å². The van der Waals surface area contributed by atoms with Gasteiger partial charge in [-0.3, -0.25) is 4.79 Å². The van der Waals surface area contributed by atoms with Crippen LogP contribution in [0.1, 0.15) is 60.6 Å². The Labute approximate surface area is 183 Å². The van der Waals surface area contributed by atoms with Crippen LogP contribution in [-0.2, 0) is 12.7 Å². The van der Waals surface area contributed by atoms with Gasteiger partial charge in [0.15, 0.2) is 0 Å².